The van der Waals surface area contributed by atoms with Crippen molar-refractivity contribution in [3.63, 3.8) is 0 Å². The van der Waals surface area contributed by atoms with Gasteiger partial charge in [-0.25, -0.2) is 0 Å². The first kappa shape index (κ1) is 9.84. The van der Waals surface area contributed by atoms with E-state index in [9.17, 15) is 0 Å². The summed E-state index contributed by atoms with van der Waals surface area (Å²) < 4.78 is 0. The molecular weight excluding hydrogens is 128 g/mol. The van der Waals surface area contributed by atoms with E-state index in [0.29, 0.717) is 0 Å². The molecule has 0 unspecified atom stereocenters. The van der Waals surface area contributed by atoms with Gasteiger partial charge in [0, 0.05) is 26.2 Å². The molecule has 0 aliphatic rings. The molecule has 0 aliphatic carbocycles. The Bertz CT molecular complexity index is 49.7. The molecule has 4 heteroatoms. The third-order valence-electron chi connectivity index (χ3n) is 1.12. The molecular formula is C6H18N4. The average Bonchev–Trinajstić information content (AvgIpc) is 1.97. The summed E-state index contributed by atoms with van der Waals surface area (Å²) in [7, 11) is 3.88. The summed E-state index contributed by atoms with van der Waals surface area (Å²) >= 11 is 0. The molecule has 0 spiro atoms. The minimum absolute atomic E-state index is 0.959. The minimum Gasteiger partial charge on any atom is -0.318 e. The van der Waals surface area contributed by atoms with Gasteiger partial charge in [-0.05, 0) is 14.1 Å². The second-order valence-corrected chi connectivity index (χ2v) is 2.06. The van der Waals surface area contributed by atoms with Crippen molar-refractivity contribution in [2.75, 3.05) is 40.3 Å². The predicted octanol–water partition coefficient (Wildman–Crippen LogP) is -1.48. The Labute approximate surface area is 62.7 Å². The minimum atomic E-state index is 0.959. The van der Waals surface area contributed by atoms with Gasteiger partial charge in [-0.1, -0.05) is 0 Å². The van der Waals surface area contributed by atoms with Crippen molar-refractivity contribution >= 4 is 0 Å². The first-order valence-electron chi connectivity index (χ1n) is 3.66. The Morgan fingerprint density at radius 3 is 1.40 bits per heavy atom. The fourth-order valence-corrected chi connectivity index (χ4v) is 0.552. The molecule has 0 saturated carbocycles. The van der Waals surface area contributed by atoms with Crippen LogP contribution in [0.5, 0.6) is 0 Å². The normalized spacial score (nSPS) is 10.2. The molecule has 4 N–H and O–H groups in total. The third-order valence-corrected chi connectivity index (χ3v) is 1.12. The van der Waals surface area contributed by atoms with Gasteiger partial charge >= 0.3 is 0 Å². The highest BCUT2D eigenvalue weighted by Gasteiger charge is 1.82. The zero-order valence-corrected chi connectivity index (χ0v) is 6.83. The van der Waals surface area contributed by atoms with Crippen LogP contribution in [0.4, 0.5) is 0 Å². The Morgan fingerprint density at radius 1 is 0.700 bits per heavy atom. The second-order valence-electron chi connectivity index (χ2n) is 2.06. The maximum Gasteiger partial charge on any atom is 0.0225 e. The highest BCUT2D eigenvalue weighted by atomic mass is 15.4. The van der Waals surface area contributed by atoms with Crippen LogP contribution in [0.1, 0.15) is 0 Å². The molecule has 4 nitrogen and oxygen atoms in total. The Morgan fingerprint density at radius 2 is 1.10 bits per heavy atom. The van der Waals surface area contributed by atoms with Gasteiger partial charge in [0.15, 0.2) is 0 Å². The topological polar surface area (TPSA) is 48.1 Å². The first-order chi connectivity index (χ1) is 4.91. The molecule has 0 aromatic heterocycles. The lowest BCUT2D eigenvalue weighted by Crippen LogP contribution is -2.39. The maximum absolute atomic E-state index is 3.07. The van der Waals surface area contributed by atoms with Gasteiger partial charge in [0.1, 0.15) is 0 Å². The second kappa shape index (κ2) is 8.84. The van der Waals surface area contributed by atoms with Gasteiger partial charge < -0.3 is 10.6 Å². The molecule has 0 bridgehead atoms. The van der Waals surface area contributed by atoms with Crippen LogP contribution >= 0.6 is 0 Å². The van der Waals surface area contributed by atoms with Crippen molar-refractivity contribution < 1.29 is 0 Å². The van der Waals surface area contributed by atoms with Crippen LogP contribution in [0.2, 0.25) is 0 Å². The number of nitrogens with one attached hydrogen (secondary N) is 4. The molecule has 0 rings (SSSR count). The van der Waals surface area contributed by atoms with E-state index in [1.54, 1.807) is 0 Å². The first-order valence-corrected chi connectivity index (χ1v) is 3.66. The van der Waals surface area contributed by atoms with Crippen molar-refractivity contribution in [1.82, 2.24) is 21.5 Å². The molecule has 0 fully saturated rings. The molecule has 0 heterocycles. The van der Waals surface area contributed by atoms with Crippen LogP contribution in [0.15, 0.2) is 0 Å². The van der Waals surface area contributed by atoms with Gasteiger partial charge in [-0.3, -0.25) is 10.9 Å². The highest BCUT2D eigenvalue weighted by molar-refractivity contribution is 4.45. The smallest absolute Gasteiger partial charge is 0.0225 e. The molecule has 0 saturated heterocycles. The van der Waals surface area contributed by atoms with Crippen molar-refractivity contribution in [1.29, 1.82) is 0 Å². The summed E-state index contributed by atoms with van der Waals surface area (Å²) in [5.74, 6) is 0. The van der Waals surface area contributed by atoms with Crippen LogP contribution in [0.3, 0.4) is 0 Å². The number of hydrogen-bond donors (Lipinski definition) is 4. The van der Waals surface area contributed by atoms with Gasteiger partial charge in [-0.15, -0.1) is 0 Å². The number of hydrazine groups is 1. The predicted molar refractivity (Wildman–Crippen MR) is 43.9 cm³/mol. The highest BCUT2D eigenvalue weighted by Crippen LogP contribution is 1.52. The van der Waals surface area contributed by atoms with E-state index in [0.717, 1.165) is 26.2 Å². The Hall–Kier alpha value is -0.160. The maximum atomic E-state index is 3.07. The molecule has 0 radical (unpaired) electrons. The van der Waals surface area contributed by atoms with Crippen molar-refractivity contribution in [3.05, 3.63) is 0 Å². The molecule has 0 aromatic rings. The summed E-state index contributed by atoms with van der Waals surface area (Å²) in [5, 5.41) is 6.08. The Balaban J connectivity index is 2.65. The quantitative estimate of drug-likeness (QED) is 0.261. The SMILES string of the molecule is CNCCNNCCNC. The van der Waals surface area contributed by atoms with E-state index in [2.05, 4.69) is 21.5 Å². The van der Waals surface area contributed by atoms with E-state index in [1.807, 2.05) is 14.1 Å². The molecule has 0 atom stereocenters. The third kappa shape index (κ3) is 7.84. The van der Waals surface area contributed by atoms with Crippen molar-refractivity contribution in [2.24, 2.45) is 0 Å². The standard InChI is InChI=1S/C6H18N4/c1-7-3-5-9-10-6-4-8-2/h7-10H,3-6H2,1-2H3. The summed E-state index contributed by atoms with van der Waals surface area (Å²) in [4.78, 5) is 0. The lowest BCUT2D eigenvalue weighted by molar-refractivity contribution is 0.518. The van der Waals surface area contributed by atoms with Gasteiger partial charge in [-0.2, -0.15) is 0 Å². The van der Waals surface area contributed by atoms with E-state index < -0.39 is 0 Å². The van der Waals surface area contributed by atoms with Crippen LogP contribution in [0.25, 0.3) is 0 Å². The van der Waals surface area contributed by atoms with Gasteiger partial charge in [0.2, 0.25) is 0 Å². The Kier molecular flexibility index (Phi) is 8.70. The van der Waals surface area contributed by atoms with Crippen LogP contribution in [0, 0.1) is 0 Å². The van der Waals surface area contributed by atoms with E-state index >= 15 is 0 Å². The molecule has 0 amide bonds. The van der Waals surface area contributed by atoms with E-state index in [1.165, 1.54) is 0 Å². The van der Waals surface area contributed by atoms with E-state index in [4.69, 9.17) is 0 Å². The summed E-state index contributed by atoms with van der Waals surface area (Å²) in [6.45, 7) is 3.90. The summed E-state index contributed by atoms with van der Waals surface area (Å²) in [5.41, 5.74) is 6.14. The molecule has 10 heavy (non-hydrogen) atoms. The number of hydrogen-bond acceptors (Lipinski definition) is 4. The monoisotopic (exact) mass is 146 g/mol. The molecule has 62 valence electrons. The van der Waals surface area contributed by atoms with E-state index in [-0.39, 0.29) is 0 Å². The largest absolute Gasteiger partial charge is 0.318 e. The molecule has 0 aromatic carbocycles. The average molecular weight is 146 g/mol. The zero-order valence-electron chi connectivity index (χ0n) is 6.83. The van der Waals surface area contributed by atoms with Gasteiger partial charge in [0.05, 0.1) is 0 Å². The molecule has 0 aliphatic heterocycles. The van der Waals surface area contributed by atoms with Crippen molar-refractivity contribution in [2.45, 2.75) is 0 Å². The fourth-order valence-electron chi connectivity index (χ4n) is 0.552. The lowest BCUT2D eigenvalue weighted by atomic mass is 10.6. The summed E-state index contributed by atoms with van der Waals surface area (Å²) in [6.07, 6.45) is 0. The van der Waals surface area contributed by atoms with Crippen LogP contribution in [-0.4, -0.2) is 40.3 Å². The van der Waals surface area contributed by atoms with Crippen molar-refractivity contribution in [3.8, 4) is 0 Å². The zero-order chi connectivity index (χ0) is 7.66. The van der Waals surface area contributed by atoms with Crippen LogP contribution in [-0.2, 0) is 0 Å². The van der Waals surface area contributed by atoms with Crippen LogP contribution < -0.4 is 21.5 Å². The summed E-state index contributed by atoms with van der Waals surface area (Å²) in [6, 6.07) is 0. The lowest BCUT2D eigenvalue weighted by Gasteiger charge is -2.05. The number of rotatable bonds is 7. The fraction of sp³-hybridized carbons (Fsp3) is 1.00. The number of likely N-dealkylation sites (N-methyl/N-ethyl adjacent to an activating group) is 2. The van der Waals surface area contributed by atoms with Gasteiger partial charge in [0.25, 0.3) is 0 Å².